The van der Waals surface area contributed by atoms with Crippen molar-refractivity contribution in [3.63, 3.8) is 0 Å². The van der Waals surface area contributed by atoms with Gasteiger partial charge in [0.2, 0.25) is 0 Å². The van der Waals surface area contributed by atoms with Crippen LogP contribution in [0.4, 0.5) is 0 Å². The molecule has 0 radical (unpaired) electrons. The quantitative estimate of drug-likeness (QED) is 0.778. The number of carbonyl (C=O) groups is 1. The molecule has 3 fully saturated rings. The number of carboxylic acids is 1. The van der Waals surface area contributed by atoms with Crippen LogP contribution < -0.4 is 0 Å². The minimum Gasteiger partial charge on any atom is -0.481 e. The molecule has 1 N–H and O–H groups in total. The largest absolute Gasteiger partial charge is 0.481 e. The highest BCUT2D eigenvalue weighted by atomic mass is 16.4. The van der Waals surface area contributed by atoms with E-state index < -0.39 is 5.97 Å². The summed E-state index contributed by atoms with van der Waals surface area (Å²) in [6.07, 6.45) is 15.0. The number of hydrogen-bond acceptors (Lipinski definition) is 1. The number of aliphatic carboxylic acids is 1. The SMILES string of the molecule is O=C(O)CC1CCCCCC2CCC(CC2)CC1. The van der Waals surface area contributed by atoms with Gasteiger partial charge in [0.25, 0.3) is 0 Å². The summed E-state index contributed by atoms with van der Waals surface area (Å²) >= 11 is 0. The van der Waals surface area contributed by atoms with Crippen molar-refractivity contribution in [1.82, 2.24) is 0 Å². The van der Waals surface area contributed by atoms with Crippen LogP contribution in [0, 0.1) is 17.8 Å². The van der Waals surface area contributed by atoms with Crippen molar-refractivity contribution in [2.24, 2.45) is 17.8 Å². The fourth-order valence-corrected chi connectivity index (χ4v) is 3.92. The Hall–Kier alpha value is -0.530. The zero-order valence-corrected chi connectivity index (χ0v) is 11.6. The number of fused-ring (bicyclic) bond motifs is 9. The second-order valence-corrected chi connectivity index (χ2v) is 6.57. The van der Waals surface area contributed by atoms with Gasteiger partial charge < -0.3 is 5.11 Å². The molecule has 0 saturated heterocycles. The molecule has 0 aromatic carbocycles. The second-order valence-electron chi connectivity index (χ2n) is 6.57. The van der Waals surface area contributed by atoms with Crippen LogP contribution in [0.3, 0.4) is 0 Å². The molecule has 18 heavy (non-hydrogen) atoms. The van der Waals surface area contributed by atoms with Gasteiger partial charge in [0.05, 0.1) is 0 Å². The van der Waals surface area contributed by atoms with Gasteiger partial charge in [0.15, 0.2) is 0 Å². The van der Waals surface area contributed by atoms with Crippen molar-refractivity contribution in [2.45, 2.75) is 77.0 Å². The van der Waals surface area contributed by atoms with E-state index in [9.17, 15) is 4.79 Å². The van der Waals surface area contributed by atoms with Crippen molar-refractivity contribution in [2.75, 3.05) is 0 Å². The molecule has 0 aliphatic heterocycles. The molecule has 104 valence electrons. The van der Waals surface area contributed by atoms with Crippen molar-refractivity contribution in [1.29, 1.82) is 0 Å². The molecule has 2 bridgehead atoms. The summed E-state index contributed by atoms with van der Waals surface area (Å²) in [4.78, 5) is 10.9. The van der Waals surface area contributed by atoms with Crippen LogP contribution in [0.15, 0.2) is 0 Å². The lowest BCUT2D eigenvalue weighted by atomic mass is 9.76. The van der Waals surface area contributed by atoms with Crippen molar-refractivity contribution < 1.29 is 9.90 Å². The maximum Gasteiger partial charge on any atom is 0.303 e. The molecule has 3 aliphatic carbocycles. The first kappa shape index (κ1) is 13.9. The average molecular weight is 252 g/mol. The van der Waals surface area contributed by atoms with Crippen molar-refractivity contribution >= 4 is 5.97 Å². The van der Waals surface area contributed by atoms with E-state index in [2.05, 4.69) is 0 Å². The number of rotatable bonds is 2. The zero-order valence-electron chi connectivity index (χ0n) is 11.6. The Bertz CT molecular complexity index is 251. The molecule has 1 atom stereocenters. The van der Waals surface area contributed by atoms with E-state index in [-0.39, 0.29) is 0 Å². The maximum absolute atomic E-state index is 10.9. The van der Waals surface area contributed by atoms with Gasteiger partial charge in [-0.3, -0.25) is 4.79 Å². The van der Waals surface area contributed by atoms with E-state index >= 15 is 0 Å². The van der Waals surface area contributed by atoms with Gasteiger partial charge in [-0.05, 0) is 30.6 Å². The van der Waals surface area contributed by atoms with E-state index in [1.807, 2.05) is 0 Å². The minimum absolute atomic E-state index is 0.398. The third-order valence-corrected chi connectivity index (χ3v) is 5.14. The molecule has 2 nitrogen and oxygen atoms in total. The molecular formula is C16H28O2. The summed E-state index contributed by atoms with van der Waals surface area (Å²) < 4.78 is 0. The zero-order chi connectivity index (χ0) is 12.8. The van der Waals surface area contributed by atoms with Crippen LogP contribution in [0.5, 0.6) is 0 Å². The fourth-order valence-electron chi connectivity index (χ4n) is 3.92. The van der Waals surface area contributed by atoms with Crippen molar-refractivity contribution in [3.05, 3.63) is 0 Å². The van der Waals surface area contributed by atoms with Crippen LogP contribution >= 0.6 is 0 Å². The summed E-state index contributed by atoms with van der Waals surface area (Å²) in [6.45, 7) is 0. The molecule has 1 unspecified atom stereocenters. The molecule has 3 saturated carbocycles. The predicted molar refractivity (Wildman–Crippen MR) is 73.5 cm³/mol. The molecule has 0 amide bonds. The summed E-state index contributed by atoms with van der Waals surface area (Å²) in [5.74, 6) is 1.75. The van der Waals surface area contributed by atoms with Gasteiger partial charge in [-0.15, -0.1) is 0 Å². The van der Waals surface area contributed by atoms with Crippen molar-refractivity contribution in [3.8, 4) is 0 Å². The molecule has 3 rings (SSSR count). The lowest BCUT2D eigenvalue weighted by Crippen LogP contribution is -2.17. The van der Waals surface area contributed by atoms with E-state index in [1.54, 1.807) is 0 Å². The lowest BCUT2D eigenvalue weighted by molar-refractivity contribution is -0.138. The van der Waals surface area contributed by atoms with Crippen LogP contribution in [0.25, 0.3) is 0 Å². The van der Waals surface area contributed by atoms with E-state index in [1.165, 1.54) is 57.8 Å². The van der Waals surface area contributed by atoms with E-state index in [0.717, 1.165) is 24.7 Å². The molecular weight excluding hydrogens is 224 g/mol. The molecule has 3 aliphatic rings. The van der Waals surface area contributed by atoms with Gasteiger partial charge in [0.1, 0.15) is 0 Å². The minimum atomic E-state index is -0.601. The summed E-state index contributed by atoms with van der Waals surface area (Å²) in [5, 5.41) is 8.99. The van der Waals surface area contributed by atoms with Gasteiger partial charge in [-0.2, -0.15) is 0 Å². The van der Waals surface area contributed by atoms with E-state index in [0.29, 0.717) is 12.3 Å². The van der Waals surface area contributed by atoms with Gasteiger partial charge >= 0.3 is 5.97 Å². The Balaban J connectivity index is 1.85. The number of carboxylic acid groups (broad SMARTS) is 1. The predicted octanol–water partition coefficient (Wildman–Crippen LogP) is 4.63. The monoisotopic (exact) mass is 252 g/mol. The highest BCUT2D eigenvalue weighted by Gasteiger charge is 2.23. The Morgan fingerprint density at radius 3 is 2.00 bits per heavy atom. The van der Waals surface area contributed by atoms with Gasteiger partial charge in [0, 0.05) is 6.42 Å². The third-order valence-electron chi connectivity index (χ3n) is 5.14. The molecule has 0 spiro atoms. The smallest absolute Gasteiger partial charge is 0.303 e. The Kier molecular flexibility index (Phi) is 5.52. The maximum atomic E-state index is 10.9. The highest BCUT2D eigenvalue weighted by molar-refractivity contribution is 5.66. The van der Waals surface area contributed by atoms with Gasteiger partial charge in [-0.25, -0.2) is 0 Å². The lowest BCUT2D eigenvalue weighted by Gasteiger charge is -2.30. The van der Waals surface area contributed by atoms with Crippen LogP contribution in [0.1, 0.15) is 77.0 Å². The fraction of sp³-hybridized carbons (Fsp3) is 0.938. The van der Waals surface area contributed by atoms with E-state index in [4.69, 9.17) is 5.11 Å². The van der Waals surface area contributed by atoms with Crippen LogP contribution in [0.2, 0.25) is 0 Å². The Morgan fingerprint density at radius 2 is 1.33 bits per heavy atom. The first-order chi connectivity index (χ1) is 8.74. The molecule has 0 aromatic heterocycles. The van der Waals surface area contributed by atoms with Crippen LogP contribution in [-0.4, -0.2) is 11.1 Å². The summed E-state index contributed by atoms with van der Waals surface area (Å²) in [6, 6.07) is 0. The topological polar surface area (TPSA) is 37.3 Å². The summed E-state index contributed by atoms with van der Waals surface area (Å²) in [5.41, 5.74) is 0. The second kappa shape index (κ2) is 7.16. The third kappa shape index (κ3) is 4.62. The number of hydrogen-bond donors (Lipinski definition) is 1. The van der Waals surface area contributed by atoms with Crippen LogP contribution in [-0.2, 0) is 4.79 Å². The highest BCUT2D eigenvalue weighted by Crippen LogP contribution is 2.36. The van der Waals surface area contributed by atoms with Gasteiger partial charge in [-0.1, -0.05) is 57.8 Å². The normalized spacial score (nSPS) is 34.6. The summed E-state index contributed by atoms with van der Waals surface area (Å²) in [7, 11) is 0. The first-order valence-corrected chi connectivity index (χ1v) is 7.96. The molecule has 0 heterocycles. The molecule has 0 aromatic rings. The Morgan fingerprint density at radius 1 is 0.778 bits per heavy atom. The standard InChI is InChI=1S/C16H28O2/c17-16(18)12-15-5-3-1-2-4-13-6-8-14(9-7-13)10-11-15/h13-15H,1-12H2,(H,17,18). The first-order valence-electron chi connectivity index (χ1n) is 7.96. The Labute approximate surface area is 111 Å². The molecule has 2 heteroatoms. The average Bonchev–Trinajstić information content (AvgIpc) is 2.34.